The molecule has 3 atom stereocenters. The van der Waals surface area contributed by atoms with Gasteiger partial charge in [-0.1, -0.05) is 38.5 Å². The minimum Gasteiger partial charge on any atom is -0.352 e. The SMILES string of the molecule is Cc1cc(C)n2nc(SCC(=O)N[C@H]3CCC[C@@H](C)[C@@H]3C)nc2n1. The molecule has 0 bridgehead atoms. The first-order valence-electron chi connectivity index (χ1n) is 8.57. The molecule has 1 saturated carbocycles. The third kappa shape index (κ3) is 3.71. The molecule has 24 heavy (non-hydrogen) atoms. The summed E-state index contributed by atoms with van der Waals surface area (Å²) in [5, 5.41) is 8.20. The van der Waals surface area contributed by atoms with E-state index in [1.54, 1.807) is 4.52 Å². The Kier molecular flexibility index (Phi) is 5.08. The lowest BCUT2D eigenvalue weighted by molar-refractivity contribution is -0.120. The van der Waals surface area contributed by atoms with E-state index in [0.717, 1.165) is 17.8 Å². The molecule has 0 radical (unpaired) electrons. The summed E-state index contributed by atoms with van der Waals surface area (Å²) >= 11 is 1.36. The topological polar surface area (TPSA) is 72.2 Å². The quantitative estimate of drug-likeness (QED) is 0.861. The second-order valence-corrected chi connectivity index (χ2v) is 7.82. The lowest BCUT2D eigenvalue weighted by Gasteiger charge is -2.34. The highest BCUT2D eigenvalue weighted by Gasteiger charge is 2.28. The predicted octanol–water partition coefficient (Wildman–Crippen LogP) is 2.77. The van der Waals surface area contributed by atoms with Gasteiger partial charge in [0, 0.05) is 17.4 Å². The van der Waals surface area contributed by atoms with Crippen molar-refractivity contribution in [2.75, 3.05) is 5.75 Å². The Morgan fingerprint density at radius 3 is 2.92 bits per heavy atom. The van der Waals surface area contributed by atoms with Crippen molar-refractivity contribution < 1.29 is 4.79 Å². The normalized spacial score (nSPS) is 24.2. The molecule has 2 aromatic heterocycles. The lowest BCUT2D eigenvalue weighted by atomic mass is 9.78. The van der Waals surface area contributed by atoms with Crippen LogP contribution in [0.2, 0.25) is 0 Å². The summed E-state index contributed by atoms with van der Waals surface area (Å²) in [7, 11) is 0. The van der Waals surface area contributed by atoms with Gasteiger partial charge in [0.15, 0.2) is 0 Å². The highest BCUT2D eigenvalue weighted by molar-refractivity contribution is 7.99. The molecule has 2 heterocycles. The lowest BCUT2D eigenvalue weighted by Crippen LogP contribution is -2.44. The van der Waals surface area contributed by atoms with E-state index in [1.807, 2.05) is 19.9 Å². The van der Waals surface area contributed by atoms with E-state index in [9.17, 15) is 4.79 Å². The van der Waals surface area contributed by atoms with Gasteiger partial charge >= 0.3 is 0 Å². The van der Waals surface area contributed by atoms with Crippen LogP contribution in [-0.4, -0.2) is 37.3 Å². The standard InChI is InChI=1S/C17H25N5OS/c1-10-6-5-7-14(13(10)4)19-15(23)9-24-17-20-16-18-11(2)8-12(3)22(16)21-17/h8,10,13-14H,5-7,9H2,1-4H3,(H,19,23)/t10-,13+,14+/m1/s1. The van der Waals surface area contributed by atoms with E-state index in [0.29, 0.717) is 34.6 Å². The minimum atomic E-state index is 0.0608. The van der Waals surface area contributed by atoms with Crippen molar-refractivity contribution >= 4 is 23.4 Å². The summed E-state index contributed by atoms with van der Waals surface area (Å²) in [5.74, 6) is 2.20. The average molecular weight is 347 g/mol. The Morgan fingerprint density at radius 2 is 2.12 bits per heavy atom. The van der Waals surface area contributed by atoms with Crippen LogP contribution in [0, 0.1) is 25.7 Å². The van der Waals surface area contributed by atoms with E-state index in [1.165, 1.54) is 24.6 Å². The zero-order chi connectivity index (χ0) is 17.3. The summed E-state index contributed by atoms with van der Waals surface area (Å²) in [6, 6.07) is 2.26. The van der Waals surface area contributed by atoms with Gasteiger partial charge in [0.05, 0.1) is 5.75 Å². The first kappa shape index (κ1) is 17.2. The molecule has 0 saturated heterocycles. The Bertz CT molecular complexity index is 744. The summed E-state index contributed by atoms with van der Waals surface area (Å²) in [5.41, 5.74) is 1.91. The van der Waals surface area contributed by atoms with Crippen molar-refractivity contribution in [3.05, 3.63) is 17.5 Å². The molecule has 0 aromatic carbocycles. The molecule has 0 unspecified atom stereocenters. The molecule has 7 heteroatoms. The van der Waals surface area contributed by atoms with Crippen molar-refractivity contribution in [1.29, 1.82) is 0 Å². The third-order valence-electron chi connectivity index (χ3n) is 4.98. The summed E-state index contributed by atoms with van der Waals surface area (Å²) < 4.78 is 1.72. The van der Waals surface area contributed by atoms with Crippen LogP contribution in [0.25, 0.3) is 5.78 Å². The number of fused-ring (bicyclic) bond motifs is 1. The van der Waals surface area contributed by atoms with Gasteiger partial charge in [-0.05, 0) is 38.2 Å². The van der Waals surface area contributed by atoms with Crippen LogP contribution in [0.15, 0.2) is 11.2 Å². The van der Waals surface area contributed by atoms with Crippen LogP contribution in [-0.2, 0) is 4.79 Å². The number of rotatable bonds is 4. The Labute approximate surface area is 146 Å². The van der Waals surface area contributed by atoms with Crippen LogP contribution < -0.4 is 5.32 Å². The number of hydrogen-bond donors (Lipinski definition) is 1. The van der Waals surface area contributed by atoms with E-state index in [2.05, 4.69) is 34.2 Å². The van der Waals surface area contributed by atoms with Crippen molar-refractivity contribution in [3.63, 3.8) is 0 Å². The second kappa shape index (κ2) is 7.09. The Balaban J connectivity index is 1.59. The maximum atomic E-state index is 12.3. The van der Waals surface area contributed by atoms with Crippen LogP contribution in [0.5, 0.6) is 0 Å². The third-order valence-corrected chi connectivity index (χ3v) is 5.82. The van der Waals surface area contributed by atoms with Crippen LogP contribution in [0.4, 0.5) is 0 Å². The molecule has 1 amide bonds. The van der Waals surface area contributed by atoms with E-state index >= 15 is 0 Å². The monoisotopic (exact) mass is 347 g/mol. The van der Waals surface area contributed by atoms with Gasteiger partial charge in [0.1, 0.15) is 0 Å². The zero-order valence-electron chi connectivity index (χ0n) is 14.7. The fourth-order valence-corrected chi connectivity index (χ4v) is 4.00. The number of nitrogens with one attached hydrogen (secondary N) is 1. The van der Waals surface area contributed by atoms with Crippen LogP contribution in [0.3, 0.4) is 0 Å². The highest BCUT2D eigenvalue weighted by Crippen LogP contribution is 2.29. The zero-order valence-corrected chi connectivity index (χ0v) is 15.6. The molecule has 0 aliphatic heterocycles. The fourth-order valence-electron chi connectivity index (χ4n) is 3.37. The number of carbonyl (C=O) groups is 1. The molecule has 1 aliphatic rings. The Morgan fingerprint density at radius 1 is 1.33 bits per heavy atom. The molecule has 2 aromatic rings. The van der Waals surface area contributed by atoms with Crippen LogP contribution in [0.1, 0.15) is 44.5 Å². The molecule has 1 fully saturated rings. The maximum Gasteiger partial charge on any atom is 0.253 e. The fraction of sp³-hybridized carbons (Fsp3) is 0.647. The number of aryl methyl sites for hydroxylation is 2. The molecule has 130 valence electrons. The molecule has 1 aliphatic carbocycles. The van der Waals surface area contributed by atoms with E-state index in [4.69, 9.17) is 0 Å². The number of nitrogens with zero attached hydrogens (tertiary/aromatic N) is 4. The second-order valence-electron chi connectivity index (χ2n) is 6.88. The van der Waals surface area contributed by atoms with Gasteiger partial charge in [0.2, 0.25) is 11.1 Å². The Hall–Kier alpha value is -1.63. The van der Waals surface area contributed by atoms with Gasteiger partial charge in [0.25, 0.3) is 5.78 Å². The largest absolute Gasteiger partial charge is 0.352 e. The molecule has 3 rings (SSSR count). The highest BCUT2D eigenvalue weighted by atomic mass is 32.2. The van der Waals surface area contributed by atoms with E-state index in [-0.39, 0.29) is 5.91 Å². The van der Waals surface area contributed by atoms with E-state index < -0.39 is 0 Å². The van der Waals surface area contributed by atoms with Crippen molar-refractivity contribution in [3.8, 4) is 0 Å². The van der Waals surface area contributed by atoms with Gasteiger partial charge in [-0.2, -0.15) is 4.98 Å². The van der Waals surface area contributed by atoms with Gasteiger partial charge in [-0.15, -0.1) is 5.10 Å². The number of carbonyl (C=O) groups excluding carboxylic acids is 1. The number of hydrogen-bond acceptors (Lipinski definition) is 5. The van der Waals surface area contributed by atoms with Crippen molar-refractivity contribution in [2.24, 2.45) is 11.8 Å². The molecule has 6 nitrogen and oxygen atoms in total. The van der Waals surface area contributed by atoms with Gasteiger partial charge in [-0.25, -0.2) is 9.50 Å². The minimum absolute atomic E-state index is 0.0608. The molecular weight excluding hydrogens is 322 g/mol. The number of aromatic nitrogens is 4. The molecular formula is C17H25N5OS. The van der Waals surface area contributed by atoms with Gasteiger partial charge < -0.3 is 5.32 Å². The smallest absolute Gasteiger partial charge is 0.253 e. The molecule has 1 N–H and O–H groups in total. The van der Waals surface area contributed by atoms with Crippen molar-refractivity contribution in [1.82, 2.24) is 24.9 Å². The first-order valence-corrected chi connectivity index (χ1v) is 9.56. The van der Waals surface area contributed by atoms with Crippen molar-refractivity contribution in [2.45, 2.75) is 58.2 Å². The molecule has 0 spiro atoms. The maximum absolute atomic E-state index is 12.3. The summed E-state index contributed by atoms with van der Waals surface area (Å²) in [6.45, 7) is 8.43. The first-order chi connectivity index (χ1) is 11.4. The number of thioether (sulfide) groups is 1. The van der Waals surface area contributed by atoms with Gasteiger partial charge in [-0.3, -0.25) is 4.79 Å². The van der Waals surface area contributed by atoms with Crippen LogP contribution >= 0.6 is 11.8 Å². The predicted molar refractivity (Wildman–Crippen MR) is 95.1 cm³/mol. The average Bonchev–Trinajstić information content (AvgIpc) is 2.93. The summed E-state index contributed by atoms with van der Waals surface area (Å²) in [4.78, 5) is 21.0. The summed E-state index contributed by atoms with van der Waals surface area (Å²) in [6.07, 6.45) is 3.54. The number of amides is 1.